The molecule has 9 heteroatoms. The first-order valence-electron chi connectivity index (χ1n) is 8.87. The summed E-state index contributed by atoms with van der Waals surface area (Å²) in [6, 6.07) is 10.9. The van der Waals surface area contributed by atoms with Gasteiger partial charge in [-0.2, -0.15) is 0 Å². The number of rotatable bonds is 6. The van der Waals surface area contributed by atoms with Gasteiger partial charge in [-0.3, -0.25) is 9.59 Å². The van der Waals surface area contributed by atoms with Gasteiger partial charge in [0.1, 0.15) is 29.9 Å². The maximum atomic E-state index is 12.8. The summed E-state index contributed by atoms with van der Waals surface area (Å²) in [6.07, 6.45) is 1.74. The van der Waals surface area contributed by atoms with Crippen LogP contribution in [0.5, 0.6) is 11.5 Å². The zero-order valence-corrected chi connectivity index (χ0v) is 17.8. The lowest BCUT2D eigenvalue weighted by atomic mass is 10.2. The van der Waals surface area contributed by atoms with Crippen molar-refractivity contribution >= 4 is 45.3 Å². The predicted octanol–water partition coefficient (Wildman–Crippen LogP) is 2.64. The van der Waals surface area contributed by atoms with Crippen molar-refractivity contribution in [3.8, 4) is 11.5 Å². The van der Waals surface area contributed by atoms with E-state index in [0.717, 1.165) is 0 Å². The van der Waals surface area contributed by atoms with Gasteiger partial charge in [-0.05, 0) is 35.4 Å². The molecule has 0 aliphatic rings. The van der Waals surface area contributed by atoms with Gasteiger partial charge in [0.25, 0.3) is 0 Å². The van der Waals surface area contributed by atoms with Crippen LogP contribution in [-0.4, -0.2) is 35.5 Å². The van der Waals surface area contributed by atoms with Gasteiger partial charge in [0, 0.05) is 28.4 Å². The van der Waals surface area contributed by atoms with Crippen molar-refractivity contribution in [2.75, 3.05) is 18.6 Å². The van der Waals surface area contributed by atoms with E-state index in [4.69, 9.17) is 21.1 Å². The third-order valence-electron chi connectivity index (χ3n) is 4.22. The smallest absolute Gasteiger partial charge is 0.342 e. The van der Waals surface area contributed by atoms with Crippen LogP contribution in [0.1, 0.15) is 17.3 Å². The third kappa shape index (κ3) is 4.77. The number of fused-ring (bicyclic) bond motifs is 1. The number of H-pyrrole nitrogens is 1. The van der Waals surface area contributed by atoms with Crippen molar-refractivity contribution in [3.63, 3.8) is 0 Å². The zero-order valence-electron chi connectivity index (χ0n) is 16.2. The topological polar surface area (TPSA) is 109 Å². The number of aromatic amines is 1. The van der Waals surface area contributed by atoms with Crippen LogP contribution in [0.25, 0.3) is 10.9 Å². The molecule has 156 valence electrons. The molecule has 0 saturated carbocycles. The molecule has 0 fully saturated rings. The summed E-state index contributed by atoms with van der Waals surface area (Å²) in [5, 5.41) is 13.5. The quantitative estimate of drug-likeness (QED) is 0.353. The monoisotopic (exact) mass is 447 g/mol. The first-order chi connectivity index (χ1) is 14.3. The fourth-order valence-electron chi connectivity index (χ4n) is 2.86. The Balaban J connectivity index is 1.72. The Morgan fingerprint density at radius 1 is 1.20 bits per heavy atom. The van der Waals surface area contributed by atoms with Gasteiger partial charge in [-0.1, -0.05) is 29.8 Å². The van der Waals surface area contributed by atoms with E-state index in [-0.39, 0.29) is 28.6 Å². The van der Waals surface area contributed by atoms with Gasteiger partial charge < -0.3 is 19.6 Å². The average molecular weight is 448 g/mol. The van der Waals surface area contributed by atoms with Crippen LogP contribution < -0.4 is 15.4 Å². The van der Waals surface area contributed by atoms with Gasteiger partial charge in [-0.15, -0.1) is 0 Å². The number of benzene rings is 2. The fourth-order valence-corrected chi connectivity index (χ4v) is 4.36. The Kier molecular flexibility index (Phi) is 6.69. The molecule has 7 nitrogen and oxygen atoms in total. The maximum Gasteiger partial charge on any atom is 0.342 e. The van der Waals surface area contributed by atoms with Crippen LogP contribution in [0.3, 0.4) is 0 Å². The van der Waals surface area contributed by atoms with E-state index in [1.165, 1.54) is 25.1 Å². The van der Waals surface area contributed by atoms with Crippen molar-refractivity contribution in [2.45, 2.75) is 11.8 Å². The first-order valence-corrected chi connectivity index (χ1v) is 11.1. The second-order valence-corrected chi connectivity index (χ2v) is 8.90. The number of nitrogens with one attached hydrogen (secondary N) is 1. The van der Waals surface area contributed by atoms with Gasteiger partial charge in [0.15, 0.2) is 0 Å². The minimum atomic E-state index is -0.757. The lowest BCUT2D eigenvalue weighted by Crippen LogP contribution is -2.24. The summed E-state index contributed by atoms with van der Waals surface area (Å²) in [5.41, 5.74) is 0.0208. The number of hydrogen-bond acceptors (Lipinski definition) is 6. The number of esters is 2. The molecule has 30 heavy (non-hydrogen) atoms. The molecule has 0 aliphatic heterocycles. The summed E-state index contributed by atoms with van der Waals surface area (Å²) >= 11 is 5.91. The summed E-state index contributed by atoms with van der Waals surface area (Å²) in [4.78, 5) is 38.8. The van der Waals surface area contributed by atoms with E-state index in [1.807, 2.05) is 0 Å². The van der Waals surface area contributed by atoms with Gasteiger partial charge in [-0.25, -0.2) is 4.79 Å². The van der Waals surface area contributed by atoms with E-state index in [1.54, 1.807) is 30.5 Å². The third-order valence-corrected chi connectivity index (χ3v) is 6.30. The lowest BCUT2D eigenvalue weighted by molar-refractivity contribution is -0.270. The molecule has 3 rings (SSSR count). The Hall–Kier alpha value is -2.97. The van der Waals surface area contributed by atoms with Crippen LogP contribution in [0.2, 0.25) is 5.02 Å². The highest BCUT2D eigenvalue weighted by Gasteiger charge is 2.24. The molecular formula is C21H18ClNO6S. The molecule has 1 heterocycles. The highest BCUT2D eigenvalue weighted by molar-refractivity contribution is 7.96. The standard InChI is InChI=1S/C21H18ClNO6S/c1-12(24)29-17-6-4-3-5-15(17)21(27)28-9-10-30(2)19-18(25)14-8-7-13(22)11-16(14)23-20(19)26/h3-8,11H,9-10H2,1-2H3,(H-,23,25,26). The summed E-state index contributed by atoms with van der Waals surface area (Å²) in [5.74, 6) is -1.17. The molecular weight excluding hydrogens is 430 g/mol. The van der Waals surface area contributed by atoms with E-state index in [0.29, 0.717) is 21.7 Å². The predicted molar refractivity (Wildman–Crippen MR) is 113 cm³/mol. The average Bonchev–Trinajstić information content (AvgIpc) is 2.67. The van der Waals surface area contributed by atoms with Crippen LogP contribution >= 0.6 is 11.6 Å². The Bertz CT molecular complexity index is 1180. The number of hydrogen-bond donors (Lipinski definition) is 1. The van der Waals surface area contributed by atoms with E-state index >= 15 is 0 Å². The minimum Gasteiger partial charge on any atom is -0.868 e. The molecule has 0 amide bonds. The molecule has 0 aliphatic carbocycles. The summed E-state index contributed by atoms with van der Waals surface area (Å²) < 4.78 is 10.3. The van der Waals surface area contributed by atoms with Crippen LogP contribution in [-0.2, 0) is 20.4 Å². The summed E-state index contributed by atoms with van der Waals surface area (Å²) in [7, 11) is -0.757. The van der Waals surface area contributed by atoms with E-state index < -0.39 is 28.4 Å². The van der Waals surface area contributed by atoms with E-state index in [9.17, 15) is 19.5 Å². The molecule has 0 bridgehead atoms. The SMILES string of the molecule is CC(=O)Oc1ccccc1C(=O)OCC[S+](C)c1c([O-])c2ccc(Cl)cc2[nH]c1=O. The highest BCUT2D eigenvalue weighted by atomic mass is 35.5. The number of ether oxygens (including phenoxy) is 2. The van der Waals surface area contributed by atoms with E-state index in [2.05, 4.69) is 4.98 Å². The molecule has 3 aromatic rings. The molecule has 1 atom stereocenters. The van der Waals surface area contributed by atoms with Crippen molar-refractivity contribution in [2.24, 2.45) is 0 Å². The Labute approximate surface area is 179 Å². The summed E-state index contributed by atoms with van der Waals surface area (Å²) in [6.45, 7) is 1.23. The number of pyridine rings is 1. The van der Waals surface area contributed by atoms with Gasteiger partial charge in [0.05, 0.1) is 0 Å². The van der Waals surface area contributed by atoms with Crippen molar-refractivity contribution in [1.29, 1.82) is 0 Å². The van der Waals surface area contributed by atoms with Crippen molar-refractivity contribution < 1.29 is 24.2 Å². The molecule has 1 unspecified atom stereocenters. The number of aromatic nitrogens is 1. The highest BCUT2D eigenvalue weighted by Crippen LogP contribution is 2.28. The van der Waals surface area contributed by atoms with Crippen LogP contribution in [0, 0.1) is 0 Å². The molecule has 0 radical (unpaired) electrons. The number of halogens is 1. The maximum absolute atomic E-state index is 12.8. The molecule has 2 aromatic carbocycles. The second kappa shape index (κ2) is 9.23. The van der Waals surface area contributed by atoms with Crippen molar-refractivity contribution in [3.05, 3.63) is 63.4 Å². The van der Waals surface area contributed by atoms with Crippen LogP contribution in [0.4, 0.5) is 0 Å². The Morgan fingerprint density at radius 2 is 1.93 bits per heavy atom. The van der Waals surface area contributed by atoms with Crippen molar-refractivity contribution in [1.82, 2.24) is 4.98 Å². The number of carbonyl (C=O) groups is 2. The lowest BCUT2D eigenvalue weighted by Gasteiger charge is -2.15. The number of para-hydroxylation sites is 1. The Morgan fingerprint density at radius 3 is 2.67 bits per heavy atom. The molecule has 1 N–H and O–H groups in total. The molecule has 1 aromatic heterocycles. The van der Waals surface area contributed by atoms with Crippen LogP contribution in [0.15, 0.2) is 52.2 Å². The molecule has 0 spiro atoms. The van der Waals surface area contributed by atoms with Gasteiger partial charge >= 0.3 is 17.5 Å². The molecule has 0 saturated heterocycles. The number of carbonyl (C=O) groups excluding carboxylic acids is 2. The second-order valence-electron chi connectivity index (χ2n) is 6.37. The first kappa shape index (κ1) is 21.7. The normalized spacial score (nSPS) is 11.8. The zero-order chi connectivity index (χ0) is 21.8. The minimum absolute atomic E-state index is 0.00954. The largest absolute Gasteiger partial charge is 0.868 e. The fraction of sp³-hybridized carbons (Fsp3) is 0.190. The van der Waals surface area contributed by atoms with Gasteiger partial charge in [0.2, 0.25) is 4.90 Å².